The summed E-state index contributed by atoms with van der Waals surface area (Å²) in [6.45, 7) is 1.91. The summed E-state index contributed by atoms with van der Waals surface area (Å²) in [5, 5.41) is 2.97. The second-order valence-corrected chi connectivity index (χ2v) is 5.79. The van der Waals surface area contributed by atoms with Gasteiger partial charge in [-0.3, -0.25) is 4.79 Å². The smallest absolute Gasteiger partial charge is 0.224 e. The summed E-state index contributed by atoms with van der Waals surface area (Å²) in [6.07, 6.45) is 0.255. The van der Waals surface area contributed by atoms with Gasteiger partial charge in [0.2, 0.25) is 5.91 Å². The van der Waals surface area contributed by atoms with Crippen LogP contribution in [0.2, 0.25) is 0 Å². The van der Waals surface area contributed by atoms with Gasteiger partial charge in [-0.25, -0.2) is 4.98 Å². The summed E-state index contributed by atoms with van der Waals surface area (Å²) in [6, 6.07) is 13.0. The third-order valence-electron chi connectivity index (χ3n) is 4.01. The molecule has 0 unspecified atom stereocenters. The number of benzene rings is 2. The largest absolute Gasteiger partial charge is 0.493 e. The number of methoxy groups -OCH3 is 2. The van der Waals surface area contributed by atoms with Crippen molar-refractivity contribution in [1.29, 1.82) is 0 Å². The number of rotatable bonds is 6. The van der Waals surface area contributed by atoms with Crippen LogP contribution in [0.4, 0.5) is 0 Å². The van der Waals surface area contributed by atoms with Gasteiger partial charge < -0.3 is 19.8 Å². The number of carbonyl (C=O) groups excluding carboxylic acids is 1. The van der Waals surface area contributed by atoms with Gasteiger partial charge in [0.05, 0.1) is 37.7 Å². The zero-order chi connectivity index (χ0) is 17.8. The molecule has 0 fully saturated rings. The third kappa shape index (κ3) is 3.74. The van der Waals surface area contributed by atoms with E-state index in [-0.39, 0.29) is 18.4 Å². The van der Waals surface area contributed by atoms with E-state index in [1.54, 1.807) is 20.3 Å². The zero-order valence-electron chi connectivity index (χ0n) is 14.5. The van der Waals surface area contributed by atoms with Crippen LogP contribution in [0, 0.1) is 0 Å². The van der Waals surface area contributed by atoms with Crippen molar-refractivity contribution < 1.29 is 14.3 Å². The van der Waals surface area contributed by atoms with Gasteiger partial charge in [0.1, 0.15) is 5.82 Å². The van der Waals surface area contributed by atoms with Crippen LogP contribution in [0.1, 0.15) is 24.4 Å². The van der Waals surface area contributed by atoms with Crippen LogP contribution >= 0.6 is 0 Å². The lowest BCUT2D eigenvalue weighted by Gasteiger charge is -2.13. The summed E-state index contributed by atoms with van der Waals surface area (Å²) < 4.78 is 10.5. The lowest BCUT2D eigenvalue weighted by atomic mass is 10.1. The summed E-state index contributed by atoms with van der Waals surface area (Å²) in [5.41, 5.74) is 2.70. The number of hydrogen-bond donors (Lipinski definition) is 2. The highest BCUT2D eigenvalue weighted by molar-refractivity contribution is 5.79. The Bertz CT molecular complexity index is 856. The molecule has 0 spiro atoms. The molecule has 0 radical (unpaired) electrons. The number of amides is 1. The van der Waals surface area contributed by atoms with Crippen molar-refractivity contribution in [1.82, 2.24) is 15.3 Å². The van der Waals surface area contributed by atoms with Crippen LogP contribution in [0.3, 0.4) is 0 Å². The van der Waals surface area contributed by atoms with Gasteiger partial charge in [0, 0.05) is 0 Å². The first kappa shape index (κ1) is 16.8. The van der Waals surface area contributed by atoms with E-state index in [4.69, 9.17) is 9.47 Å². The molecule has 1 amide bonds. The van der Waals surface area contributed by atoms with Crippen molar-refractivity contribution in [2.75, 3.05) is 14.2 Å². The van der Waals surface area contributed by atoms with Gasteiger partial charge in [-0.15, -0.1) is 0 Å². The highest BCUT2D eigenvalue weighted by atomic mass is 16.5. The Kier molecular flexibility index (Phi) is 4.88. The molecule has 3 rings (SSSR count). The van der Waals surface area contributed by atoms with E-state index >= 15 is 0 Å². The Labute approximate surface area is 146 Å². The molecule has 2 aromatic carbocycles. The first-order valence-electron chi connectivity index (χ1n) is 8.05. The third-order valence-corrected chi connectivity index (χ3v) is 4.01. The molecule has 3 aromatic rings. The first-order chi connectivity index (χ1) is 12.1. The van der Waals surface area contributed by atoms with Gasteiger partial charge in [-0.05, 0) is 36.8 Å². The number of imidazole rings is 1. The molecule has 6 nitrogen and oxygen atoms in total. The van der Waals surface area contributed by atoms with Crippen molar-refractivity contribution in [3.8, 4) is 11.5 Å². The monoisotopic (exact) mass is 339 g/mol. The fourth-order valence-corrected chi connectivity index (χ4v) is 2.71. The van der Waals surface area contributed by atoms with Crippen LogP contribution in [0.15, 0.2) is 42.5 Å². The Balaban J connectivity index is 1.67. The summed E-state index contributed by atoms with van der Waals surface area (Å²) in [4.78, 5) is 20.1. The molecule has 2 N–H and O–H groups in total. The van der Waals surface area contributed by atoms with Gasteiger partial charge in [-0.1, -0.05) is 18.2 Å². The number of fused-ring (bicyclic) bond motifs is 1. The molecule has 0 saturated heterocycles. The Morgan fingerprint density at radius 2 is 1.92 bits per heavy atom. The lowest BCUT2D eigenvalue weighted by Crippen LogP contribution is -2.28. The van der Waals surface area contributed by atoms with E-state index in [1.165, 1.54) is 0 Å². The van der Waals surface area contributed by atoms with E-state index in [0.29, 0.717) is 11.5 Å². The van der Waals surface area contributed by atoms with Crippen LogP contribution < -0.4 is 14.8 Å². The number of ether oxygens (including phenoxy) is 2. The molecule has 1 atom stereocenters. The summed E-state index contributed by atoms with van der Waals surface area (Å²) >= 11 is 0. The van der Waals surface area contributed by atoms with Crippen molar-refractivity contribution >= 4 is 16.9 Å². The molecule has 1 aromatic heterocycles. The van der Waals surface area contributed by atoms with Crippen molar-refractivity contribution in [3.63, 3.8) is 0 Å². The van der Waals surface area contributed by atoms with Crippen molar-refractivity contribution in [2.45, 2.75) is 19.4 Å². The van der Waals surface area contributed by atoms with E-state index in [1.807, 2.05) is 43.3 Å². The predicted molar refractivity (Wildman–Crippen MR) is 95.9 cm³/mol. The fourth-order valence-electron chi connectivity index (χ4n) is 2.71. The number of para-hydroxylation sites is 2. The Morgan fingerprint density at radius 3 is 2.64 bits per heavy atom. The van der Waals surface area contributed by atoms with Gasteiger partial charge in [0.15, 0.2) is 11.5 Å². The average molecular weight is 339 g/mol. The van der Waals surface area contributed by atoms with Crippen molar-refractivity contribution in [3.05, 3.63) is 53.9 Å². The van der Waals surface area contributed by atoms with Crippen LogP contribution in [0.25, 0.3) is 11.0 Å². The molecule has 0 saturated carbocycles. The van der Waals surface area contributed by atoms with Crippen LogP contribution in [0.5, 0.6) is 11.5 Å². The number of H-pyrrole nitrogens is 1. The topological polar surface area (TPSA) is 76.2 Å². The van der Waals surface area contributed by atoms with Crippen molar-refractivity contribution in [2.24, 2.45) is 0 Å². The van der Waals surface area contributed by atoms with Crippen LogP contribution in [-0.4, -0.2) is 30.1 Å². The second kappa shape index (κ2) is 7.25. The van der Waals surface area contributed by atoms with Gasteiger partial charge in [0.25, 0.3) is 0 Å². The molecule has 6 heteroatoms. The maximum atomic E-state index is 12.3. The van der Waals surface area contributed by atoms with E-state index < -0.39 is 0 Å². The molecular weight excluding hydrogens is 318 g/mol. The normalized spacial score (nSPS) is 12.0. The van der Waals surface area contributed by atoms with E-state index in [9.17, 15) is 4.79 Å². The molecule has 0 aliphatic heterocycles. The number of carbonyl (C=O) groups is 1. The highest BCUT2D eigenvalue weighted by Gasteiger charge is 2.14. The zero-order valence-corrected chi connectivity index (χ0v) is 14.5. The maximum absolute atomic E-state index is 12.3. The minimum Gasteiger partial charge on any atom is -0.493 e. The minimum atomic E-state index is -0.208. The Morgan fingerprint density at radius 1 is 1.16 bits per heavy atom. The quantitative estimate of drug-likeness (QED) is 0.724. The molecule has 0 aliphatic rings. The summed E-state index contributed by atoms with van der Waals surface area (Å²) in [7, 11) is 3.16. The number of nitrogens with one attached hydrogen (secondary N) is 2. The Hall–Kier alpha value is -3.02. The highest BCUT2D eigenvalue weighted by Crippen LogP contribution is 2.27. The molecule has 0 bridgehead atoms. The number of aromatic amines is 1. The lowest BCUT2D eigenvalue weighted by molar-refractivity contribution is -0.121. The first-order valence-corrected chi connectivity index (χ1v) is 8.05. The summed E-state index contributed by atoms with van der Waals surface area (Å²) in [5.74, 6) is 1.91. The SMILES string of the molecule is COc1ccc(CC(=O)N[C@@H](C)c2nc3ccccc3[nH]2)cc1OC. The minimum absolute atomic E-state index is 0.0832. The fraction of sp³-hybridized carbons (Fsp3) is 0.263. The standard InChI is InChI=1S/C19H21N3O3/c1-12(19-21-14-6-4-5-7-15(14)22-19)20-18(23)11-13-8-9-16(24-2)17(10-13)25-3/h4-10,12H,11H2,1-3H3,(H,20,23)(H,21,22)/t12-/m0/s1. The predicted octanol–water partition coefficient (Wildman–Crippen LogP) is 3.00. The molecular formula is C19H21N3O3. The number of nitrogens with zero attached hydrogens (tertiary/aromatic N) is 1. The molecule has 130 valence electrons. The number of hydrogen-bond acceptors (Lipinski definition) is 4. The maximum Gasteiger partial charge on any atom is 0.224 e. The average Bonchev–Trinajstić information content (AvgIpc) is 3.05. The molecule has 25 heavy (non-hydrogen) atoms. The van der Waals surface area contributed by atoms with Gasteiger partial charge >= 0.3 is 0 Å². The van der Waals surface area contributed by atoms with Gasteiger partial charge in [-0.2, -0.15) is 0 Å². The molecule has 0 aliphatic carbocycles. The second-order valence-electron chi connectivity index (χ2n) is 5.79. The molecule has 1 heterocycles. The van der Waals surface area contributed by atoms with E-state index in [0.717, 1.165) is 22.4 Å². The number of aromatic nitrogens is 2. The van der Waals surface area contributed by atoms with Crippen LogP contribution in [-0.2, 0) is 11.2 Å². The van der Waals surface area contributed by atoms with E-state index in [2.05, 4.69) is 15.3 Å².